The molecule has 0 aliphatic rings. The van der Waals surface area contributed by atoms with Crippen molar-refractivity contribution >= 4 is 40.9 Å². The van der Waals surface area contributed by atoms with Crippen molar-refractivity contribution in [1.82, 2.24) is 5.32 Å². The minimum absolute atomic E-state index is 0.0172. The van der Waals surface area contributed by atoms with Gasteiger partial charge in [-0.25, -0.2) is 4.79 Å². The number of thioether (sulfide) groups is 1. The summed E-state index contributed by atoms with van der Waals surface area (Å²) in [6.45, 7) is 0. The Bertz CT molecular complexity index is 475. The number of hydrogen-bond donors (Lipinski definition) is 2. The van der Waals surface area contributed by atoms with Crippen LogP contribution in [0.25, 0.3) is 0 Å². The van der Waals surface area contributed by atoms with Crippen LogP contribution in [0.3, 0.4) is 0 Å². The van der Waals surface area contributed by atoms with Crippen molar-refractivity contribution < 1.29 is 24.2 Å². The summed E-state index contributed by atoms with van der Waals surface area (Å²) in [5.41, 5.74) is 0. The summed E-state index contributed by atoms with van der Waals surface area (Å²) in [5.74, 6) is -1.11. The van der Waals surface area contributed by atoms with E-state index in [1.54, 1.807) is 11.3 Å². The molecule has 21 heavy (non-hydrogen) atoms. The molecule has 0 aromatic carbocycles. The fraction of sp³-hybridized carbons (Fsp3) is 0.462. The molecule has 116 valence electrons. The molecule has 0 radical (unpaired) electrons. The van der Waals surface area contributed by atoms with E-state index < -0.39 is 18.0 Å². The Morgan fingerprint density at radius 2 is 2.24 bits per heavy atom. The maximum absolute atomic E-state index is 11.7. The van der Waals surface area contributed by atoms with Crippen molar-refractivity contribution in [2.45, 2.75) is 24.6 Å². The molecule has 1 heterocycles. The number of carboxylic acid groups (broad SMARTS) is 1. The Balaban J connectivity index is 2.31. The molecule has 0 saturated heterocycles. The lowest BCUT2D eigenvalue weighted by molar-refractivity contribution is -0.143. The molecule has 6 nitrogen and oxygen atoms in total. The smallest absolute Gasteiger partial charge is 0.326 e. The molecule has 8 heteroatoms. The molecule has 0 aliphatic heterocycles. The molecule has 1 aromatic heterocycles. The van der Waals surface area contributed by atoms with Gasteiger partial charge in [-0.15, -0.1) is 23.1 Å². The Kier molecular flexibility index (Phi) is 7.84. The van der Waals surface area contributed by atoms with Crippen LogP contribution in [0.15, 0.2) is 17.5 Å². The highest BCUT2D eigenvalue weighted by Crippen LogP contribution is 2.16. The Labute approximate surface area is 130 Å². The SMILES string of the molecule is COC(=O)CC[C@H](NC(=O)CSCc1cccs1)C(=O)O. The maximum atomic E-state index is 11.7. The van der Waals surface area contributed by atoms with Gasteiger partial charge in [-0.05, 0) is 17.9 Å². The van der Waals surface area contributed by atoms with E-state index in [2.05, 4.69) is 10.1 Å². The van der Waals surface area contributed by atoms with E-state index in [4.69, 9.17) is 5.11 Å². The minimum atomic E-state index is -1.16. The third-order valence-corrected chi connectivity index (χ3v) is 4.60. The lowest BCUT2D eigenvalue weighted by atomic mass is 10.1. The zero-order valence-corrected chi connectivity index (χ0v) is 13.2. The van der Waals surface area contributed by atoms with Crippen LogP contribution in [0.1, 0.15) is 17.7 Å². The van der Waals surface area contributed by atoms with Crippen LogP contribution in [0, 0.1) is 0 Å². The zero-order chi connectivity index (χ0) is 15.7. The fourth-order valence-corrected chi connectivity index (χ4v) is 3.18. The summed E-state index contributed by atoms with van der Waals surface area (Å²) in [4.78, 5) is 34.9. The van der Waals surface area contributed by atoms with E-state index in [9.17, 15) is 14.4 Å². The topological polar surface area (TPSA) is 92.7 Å². The van der Waals surface area contributed by atoms with Gasteiger partial charge in [0.25, 0.3) is 0 Å². The highest BCUT2D eigenvalue weighted by atomic mass is 32.2. The standard InChI is InChI=1S/C13H17NO5S2/c1-19-12(16)5-4-10(13(17)18)14-11(15)8-20-7-9-3-2-6-21-9/h2-3,6,10H,4-5,7-8H2,1H3,(H,14,15)(H,17,18)/t10-/m0/s1. The number of aliphatic carboxylic acids is 1. The van der Waals surface area contributed by atoms with E-state index in [1.165, 1.54) is 18.9 Å². The molecule has 1 atom stereocenters. The highest BCUT2D eigenvalue weighted by molar-refractivity contribution is 7.99. The van der Waals surface area contributed by atoms with Gasteiger partial charge in [0.1, 0.15) is 6.04 Å². The Hall–Kier alpha value is -1.54. The Morgan fingerprint density at radius 1 is 1.48 bits per heavy atom. The first-order valence-corrected chi connectivity index (χ1v) is 8.25. The summed E-state index contributed by atoms with van der Waals surface area (Å²) in [5, 5.41) is 13.4. The first-order valence-electron chi connectivity index (χ1n) is 6.22. The summed E-state index contributed by atoms with van der Waals surface area (Å²) < 4.78 is 4.44. The molecular formula is C13H17NO5S2. The van der Waals surface area contributed by atoms with Gasteiger partial charge < -0.3 is 15.2 Å². The number of carbonyl (C=O) groups excluding carboxylic acids is 2. The van der Waals surface area contributed by atoms with Crippen LogP contribution in [0.4, 0.5) is 0 Å². The van der Waals surface area contributed by atoms with Gasteiger partial charge in [-0.1, -0.05) is 6.07 Å². The van der Waals surface area contributed by atoms with Gasteiger partial charge in [-0.2, -0.15) is 0 Å². The molecule has 0 unspecified atom stereocenters. The highest BCUT2D eigenvalue weighted by Gasteiger charge is 2.21. The fourth-order valence-electron chi connectivity index (χ4n) is 1.50. The molecule has 0 spiro atoms. The number of methoxy groups -OCH3 is 1. The molecule has 2 N–H and O–H groups in total. The summed E-state index contributed by atoms with van der Waals surface area (Å²) in [6, 6.07) is 2.85. The predicted molar refractivity (Wildman–Crippen MR) is 81.3 cm³/mol. The van der Waals surface area contributed by atoms with E-state index in [0.717, 1.165) is 4.88 Å². The van der Waals surface area contributed by atoms with Gasteiger partial charge in [0.05, 0.1) is 12.9 Å². The molecule has 0 saturated carbocycles. The molecule has 0 bridgehead atoms. The van der Waals surface area contributed by atoms with Crippen LogP contribution in [-0.2, 0) is 24.9 Å². The molecule has 1 aromatic rings. The molecule has 0 fully saturated rings. The number of carbonyl (C=O) groups is 3. The zero-order valence-electron chi connectivity index (χ0n) is 11.5. The third-order valence-electron chi connectivity index (χ3n) is 2.56. The summed E-state index contributed by atoms with van der Waals surface area (Å²) >= 11 is 3.02. The van der Waals surface area contributed by atoms with Crippen LogP contribution >= 0.6 is 23.1 Å². The minimum Gasteiger partial charge on any atom is -0.480 e. The second kappa shape index (κ2) is 9.41. The van der Waals surface area contributed by atoms with Gasteiger partial charge >= 0.3 is 11.9 Å². The molecule has 1 amide bonds. The average Bonchev–Trinajstić information content (AvgIpc) is 2.95. The quantitative estimate of drug-likeness (QED) is 0.666. The van der Waals surface area contributed by atoms with Crippen molar-refractivity contribution in [2.24, 2.45) is 0 Å². The van der Waals surface area contributed by atoms with Crippen LogP contribution in [0.2, 0.25) is 0 Å². The number of ether oxygens (including phenoxy) is 1. The first kappa shape index (κ1) is 17.5. The number of rotatable bonds is 9. The maximum Gasteiger partial charge on any atom is 0.326 e. The molecule has 1 rings (SSSR count). The summed E-state index contributed by atoms with van der Waals surface area (Å²) in [7, 11) is 1.23. The van der Waals surface area contributed by atoms with Crippen LogP contribution < -0.4 is 5.32 Å². The van der Waals surface area contributed by atoms with E-state index >= 15 is 0 Å². The third kappa shape index (κ3) is 7.14. The number of carboxylic acids is 1. The van der Waals surface area contributed by atoms with Gasteiger partial charge in [-0.3, -0.25) is 9.59 Å². The lowest BCUT2D eigenvalue weighted by Gasteiger charge is -2.13. The Morgan fingerprint density at radius 3 is 2.81 bits per heavy atom. The van der Waals surface area contributed by atoms with Crippen LogP contribution in [-0.4, -0.2) is 41.9 Å². The number of hydrogen-bond acceptors (Lipinski definition) is 6. The van der Waals surface area contributed by atoms with Gasteiger partial charge in [0, 0.05) is 17.1 Å². The number of thiophene rings is 1. The van der Waals surface area contributed by atoms with Crippen LogP contribution in [0.5, 0.6) is 0 Å². The normalized spacial score (nSPS) is 11.7. The number of amides is 1. The van der Waals surface area contributed by atoms with Gasteiger partial charge in [0.2, 0.25) is 5.91 Å². The van der Waals surface area contributed by atoms with E-state index in [-0.39, 0.29) is 24.5 Å². The predicted octanol–water partition coefficient (Wildman–Crippen LogP) is 1.50. The number of esters is 1. The largest absolute Gasteiger partial charge is 0.480 e. The lowest BCUT2D eigenvalue weighted by Crippen LogP contribution is -2.42. The second-order valence-electron chi connectivity index (χ2n) is 4.15. The summed E-state index contributed by atoms with van der Waals surface area (Å²) in [6.07, 6.45) is -0.0284. The van der Waals surface area contributed by atoms with Crippen molar-refractivity contribution in [3.63, 3.8) is 0 Å². The van der Waals surface area contributed by atoms with Gasteiger partial charge in [0.15, 0.2) is 0 Å². The molecule has 0 aliphatic carbocycles. The van der Waals surface area contributed by atoms with Crippen molar-refractivity contribution in [1.29, 1.82) is 0 Å². The van der Waals surface area contributed by atoms with Crippen molar-refractivity contribution in [3.05, 3.63) is 22.4 Å². The molecular weight excluding hydrogens is 314 g/mol. The van der Waals surface area contributed by atoms with E-state index in [1.807, 2.05) is 17.5 Å². The van der Waals surface area contributed by atoms with Crippen molar-refractivity contribution in [3.8, 4) is 0 Å². The average molecular weight is 331 g/mol. The first-order chi connectivity index (χ1) is 10.0. The monoisotopic (exact) mass is 331 g/mol. The van der Waals surface area contributed by atoms with E-state index in [0.29, 0.717) is 5.75 Å². The second-order valence-corrected chi connectivity index (χ2v) is 6.16. The number of nitrogens with one attached hydrogen (secondary N) is 1. The van der Waals surface area contributed by atoms with Crippen molar-refractivity contribution in [2.75, 3.05) is 12.9 Å².